The number of hydrogen-bond acceptors (Lipinski definition) is 7. The van der Waals surface area contributed by atoms with Crippen LogP contribution in [-0.2, 0) is 0 Å². The number of nitrogens with one attached hydrogen (secondary N) is 3. The number of anilines is 3. The average molecular weight is 482 g/mol. The summed E-state index contributed by atoms with van der Waals surface area (Å²) in [5.41, 5.74) is 3.20. The van der Waals surface area contributed by atoms with Crippen LogP contribution in [0.5, 0.6) is 0 Å². The van der Waals surface area contributed by atoms with E-state index in [0.29, 0.717) is 12.0 Å². The van der Waals surface area contributed by atoms with Gasteiger partial charge in [-0.15, -0.1) is 0 Å². The van der Waals surface area contributed by atoms with Crippen LogP contribution in [0.4, 0.5) is 17.3 Å². The highest BCUT2D eigenvalue weighted by Crippen LogP contribution is 2.32. The first kappa shape index (κ1) is 24.8. The monoisotopic (exact) mass is 481 g/mol. The zero-order valence-electron chi connectivity index (χ0n) is 21.7. The van der Waals surface area contributed by atoms with Gasteiger partial charge in [-0.2, -0.15) is 9.61 Å². The minimum absolute atomic E-state index is 0.0661. The SMILES string of the molecule is CC(C)c1cnn2c(Nc3ccc(SN(C)C)cc3)cc(NC3CC(C)(C)NC(C)(C)C3)nc12. The zero-order valence-corrected chi connectivity index (χ0v) is 22.5. The maximum atomic E-state index is 5.02. The molecule has 0 radical (unpaired) electrons. The second-order valence-electron chi connectivity index (χ2n) is 11.2. The Morgan fingerprint density at radius 2 is 1.74 bits per heavy atom. The number of aromatic nitrogens is 3. The highest BCUT2D eigenvalue weighted by Gasteiger charge is 2.37. The van der Waals surface area contributed by atoms with Gasteiger partial charge in [-0.25, -0.2) is 4.98 Å². The summed E-state index contributed by atoms with van der Waals surface area (Å²) in [4.78, 5) is 6.22. The van der Waals surface area contributed by atoms with Crippen molar-refractivity contribution < 1.29 is 0 Å². The van der Waals surface area contributed by atoms with Gasteiger partial charge in [-0.1, -0.05) is 13.8 Å². The minimum atomic E-state index is 0.0661. The molecule has 1 saturated heterocycles. The van der Waals surface area contributed by atoms with Gasteiger partial charge < -0.3 is 16.0 Å². The van der Waals surface area contributed by atoms with Gasteiger partial charge in [-0.3, -0.25) is 4.31 Å². The third kappa shape index (κ3) is 5.85. The molecule has 0 spiro atoms. The lowest BCUT2D eigenvalue weighted by Gasteiger charge is -2.46. The molecule has 2 aromatic heterocycles. The van der Waals surface area contributed by atoms with Crippen molar-refractivity contribution in [3.8, 4) is 0 Å². The number of hydrogen-bond donors (Lipinski definition) is 3. The molecule has 184 valence electrons. The Hall–Kier alpha value is -2.29. The first-order valence-corrected chi connectivity index (χ1v) is 12.9. The Bertz CT molecular complexity index is 1120. The van der Waals surface area contributed by atoms with Gasteiger partial charge in [0.05, 0.1) is 6.20 Å². The van der Waals surface area contributed by atoms with Crippen molar-refractivity contribution >= 4 is 34.9 Å². The molecule has 1 aliphatic rings. The Kier molecular flexibility index (Phi) is 6.86. The number of benzene rings is 1. The molecule has 1 aliphatic heterocycles. The summed E-state index contributed by atoms with van der Waals surface area (Å²) < 4.78 is 4.01. The molecular weight excluding hydrogens is 442 g/mol. The van der Waals surface area contributed by atoms with Crippen LogP contribution in [0.1, 0.15) is 65.9 Å². The standard InChI is InChI=1S/C26H39N7S/c1-17(2)21-16-27-33-23(29-18-9-11-20(12-10-18)34-32(7)8)13-22(30-24(21)33)28-19-14-25(3,4)31-26(5,6)15-19/h9-13,16-17,19,29,31H,14-15H2,1-8H3,(H,28,30). The normalized spacial score (nSPS) is 18.1. The fourth-order valence-corrected chi connectivity index (χ4v) is 5.82. The van der Waals surface area contributed by atoms with E-state index in [0.717, 1.165) is 41.4 Å². The van der Waals surface area contributed by atoms with Gasteiger partial charge in [0.15, 0.2) is 5.65 Å². The van der Waals surface area contributed by atoms with Crippen LogP contribution in [0.2, 0.25) is 0 Å². The molecule has 0 amide bonds. The lowest BCUT2D eigenvalue weighted by atomic mass is 9.79. The fourth-order valence-electron chi connectivity index (χ4n) is 5.14. The van der Waals surface area contributed by atoms with Gasteiger partial charge in [0.2, 0.25) is 0 Å². The van der Waals surface area contributed by atoms with E-state index in [-0.39, 0.29) is 11.1 Å². The summed E-state index contributed by atoms with van der Waals surface area (Å²) in [6.45, 7) is 13.5. The Morgan fingerprint density at radius 1 is 1.09 bits per heavy atom. The third-order valence-electron chi connectivity index (χ3n) is 6.08. The van der Waals surface area contributed by atoms with E-state index < -0.39 is 0 Å². The predicted octanol–water partition coefficient (Wildman–Crippen LogP) is 5.89. The molecule has 3 N–H and O–H groups in total. The van der Waals surface area contributed by atoms with Gasteiger partial charge in [-0.05, 0) is 96.8 Å². The molecule has 1 fully saturated rings. The van der Waals surface area contributed by atoms with Crippen LogP contribution < -0.4 is 16.0 Å². The van der Waals surface area contributed by atoms with Crippen molar-refractivity contribution in [2.24, 2.45) is 0 Å². The molecular formula is C26H39N7S. The molecule has 1 aromatic carbocycles. The molecule has 3 aromatic rings. The molecule has 34 heavy (non-hydrogen) atoms. The highest BCUT2D eigenvalue weighted by molar-refractivity contribution is 7.97. The van der Waals surface area contributed by atoms with E-state index in [9.17, 15) is 0 Å². The van der Waals surface area contributed by atoms with Crippen molar-refractivity contribution in [3.63, 3.8) is 0 Å². The summed E-state index contributed by atoms with van der Waals surface area (Å²) in [5.74, 6) is 2.13. The van der Waals surface area contributed by atoms with Crippen LogP contribution >= 0.6 is 11.9 Å². The van der Waals surface area contributed by atoms with Gasteiger partial charge in [0.25, 0.3) is 0 Å². The van der Waals surface area contributed by atoms with Crippen molar-refractivity contribution in [3.05, 3.63) is 42.1 Å². The summed E-state index contributed by atoms with van der Waals surface area (Å²) in [7, 11) is 4.10. The van der Waals surface area contributed by atoms with E-state index in [1.54, 1.807) is 11.9 Å². The number of rotatable bonds is 7. The average Bonchev–Trinajstić information content (AvgIpc) is 3.11. The fraction of sp³-hybridized carbons (Fsp3) is 0.538. The molecule has 7 nitrogen and oxygen atoms in total. The van der Waals surface area contributed by atoms with E-state index in [4.69, 9.17) is 4.98 Å². The number of nitrogens with zero attached hydrogens (tertiary/aromatic N) is 4. The molecule has 0 aliphatic carbocycles. The van der Waals surface area contributed by atoms with Crippen LogP contribution in [0.15, 0.2) is 41.4 Å². The van der Waals surface area contributed by atoms with E-state index in [2.05, 4.69) is 97.2 Å². The number of fused-ring (bicyclic) bond motifs is 1. The molecule has 8 heteroatoms. The van der Waals surface area contributed by atoms with Crippen LogP contribution in [-0.4, -0.2) is 50.1 Å². The smallest absolute Gasteiger partial charge is 0.163 e. The Balaban J connectivity index is 1.66. The molecule has 0 unspecified atom stereocenters. The van der Waals surface area contributed by atoms with Crippen molar-refractivity contribution in [1.29, 1.82) is 0 Å². The largest absolute Gasteiger partial charge is 0.367 e. The summed E-state index contributed by atoms with van der Waals surface area (Å²) >= 11 is 1.71. The van der Waals surface area contributed by atoms with Gasteiger partial charge >= 0.3 is 0 Å². The van der Waals surface area contributed by atoms with Gasteiger partial charge in [0, 0.05) is 39.3 Å². The zero-order chi connectivity index (χ0) is 24.7. The Morgan fingerprint density at radius 3 is 2.32 bits per heavy atom. The quantitative estimate of drug-likeness (QED) is 0.364. The third-order valence-corrected chi connectivity index (χ3v) is 6.93. The Labute approximate surface area is 208 Å². The van der Waals surface area contributed by atoms with E-state index >= 15 is 0 Å². The second kappa shape index (κ2) is 9.40. The lowest BCUT2D eigenvalue weighted by Crippen LogP contribution is -2.60. The van der Waals surface area contributed by atoms with Crippen LogP contribution in [0.3, 0.4) is 0 Å². The second-order valence-corrected chi connectivity index (χ2v) is 12.6. The van der Waals surface area contributed by atoms with E-state index in [1.807, 2.05) is 24.8 Å². The molecule has 4 rings (SSSR count). The summed E-state index contributed by atoms with van der Waals surface area (Å²) in [6.07, 6.45) is 4.01. The van der Waals surface area contributed by atoms with Crippen molar-refractivity contribution in [2.45, 2.75) is 82.3 Å². The molecule has 0 atom stereocenters. The van der Waals surface area contributed by atoms with Crippen LogP contribution in [0, 0.1) is 0 Å². The molecule has 0 saturated carbocycles. The first-order chi connectivity index (χ1) is 15.9. The topological polar surface area (TPSA) is 69.5 Å². The first-order valence-electron chi connectivity index (χ1n) is 12.1. The lowest BCUT2D eigenvalue weighted by molar-refractivity contribution is 0.170. The maximum absolute atomic E-state index is 5.02. The summed E-state index contributed by atoms with van der Waals surface area (Å²) in [5, 5.41) is 15.8. The minimum Gasteiger partial charge on any atom is -0.367 e. The predicted molar refractivity (Wildman–Crippen MR) is 144 cm³/mol. The maximum Gasteiger partial charge on any atom is 0.163 e. The van der Waals surface area contributed by atoms with E-state index in [1.165, 1.54) is 4.90 Å². The van der Waals surface area contributed by atoms with Gasteiger partial charge in [0.1, 0.15) is 11.6 Å². The molecule has 0 bridgehead atoms. The van der Waals surface area contributed by atoms with Crippen LogP contribution in [0.25, 0.3) is 5.65 Å². The highest BCUT2D eigenvalue weighted by atomic mass is 32.2. The molecule has 3 heterocycles. The number of piperidine rings is 1. The summed E-state index contributed by atoms with van der Waals surface area (Å²) in [6, 6.07) is 10.9. The van der Waals surface area contributed by atoms with Crippen molar-refractivity contribution in [2.75, 3.05) is 24.7 Å². The van der Waals surface area contributed by atoms with Crippen molar-refractivity contribution in [1.82, 2.24) is 24.2 Å².